The van der Waals surface area contributed by atoms with Crippen LogP contribution in [0.25, 0.3) is 0 Å². The third kappa shape index (κ3) is 4.93. The summed E-state index contributed by atoms with van der Waals surface area (Å²) < 4.78 is 12.3. The van der Waals surface area contributed by atoms with Crippen LogP contribution < -0.4 is 10.2 Å². The van der Waals surface area contributed by atoms with Crippen molar-refractivity contribution >= 4 is 17.5 Å². The van der Waals surface area contributed by atoms with E-state index >= 15 is 4.79 Å². The molecule has 4 bridgehead atoms. The SMILES string of the molecule is CC(C)(C)c1ccc(N(C(=O)[C@]23CO[C@@H]4OCC(CCC42)C3)C(C(=O)N[C@@H]2c3ccccc3C[C@@H]2O)c2cccnc2)cc1. The van der Waals surface area contributed by atoms with E-state index in [1.54, 1.807) is 23.4 Å². The summed E-state index contributed by atoms with van der Waals surface area (Å²) in [5, 5.41) is 14.2. The molecule has 2 aromatic carbocycles. The molecule has 4 heterocycles. The Morgan fingerprint density at radius 3 is 2.59 bits per heavy atom. The highest BCUT2D eigenvalue weighted by Crippen LogP contribution is 2.55. The van der Waals surface area contributed by atoms with E-state index in [9.17, 15) is 9.90 Å². The molecule has 3 unspecified atom stereocenters. The van der Waals surface area contributed by atoms with Crippen LogP contribution in [0.1, 0.15) is 74.4 Å². The predicted molar refractivity (Wildman–Crippen MR) is 166 cm³/mol. The van der Waals surface area contributed by atoms with Gasteiger partial charge in [-0.3, -0.25) is 19.5 Å². The molecule has 3 saturated heterocycles. The second kappa shape index (κ2) is 11.1. The van der Waals surface area contributed by atoms with Crippen molar-refractivity contribution < 1.29 is 24.2 Å². The van der Waals surface area contributed by atoms with Gasteiger partial charge in [0.25, 0.3) is 0 Å². The van der Waals surface area contributed by atoms with Crippen molar-refractivity contribution in [1.29, 1.82) is 0 Å². The fraction of sp³-hybridized carbons (Fsp3) is 0.472. The topological polar surface area (TPSA) is 101 Å². The lowest BCUT2D eigenvalue weighted by molar-refractivity contribution is -0.137. The Labute approximate surface area is 258 Å². The molecule has 1 saturated carbocycles. The minimum absolute atomic E-state index is 0.0776. The van der Waals surface area contributed by atoms with Gasteiger partial charge >= 0.3 is 0 Å². The van der Waals surface area contributed by atoms with Crippen LogP contribution >= 0.6 is 0 Å². The lowest BCUT2D eigenvalue weighted by Gasteiger charge is -2.43. The van der Waals surface area contributed by atoms with Crippen molar-refractivity contribution in [3.05, 3.63) is 95.3 Å². The first-order chi connectivity index (χ1) is 21.2. The van der Waals surface area contributed by atoms with Crippen molar-refractivity contribution in [2.24, 2.45) is 17.3 Å². The fourth-order valence-electron chi connectivity index (χ4n) is 7.90. The van der Waals surface area contributed by atoms with Gasteiger partial charge in [-0.15, -0.1) is 0 Å². The zero-order chi connectivity index (χ0) is 30.6. The number of aliphatic hydroxyl groups is 1. The number of aliphatic hydroxyl groups excluding tert-OH is 1. The number of rotatable bonds is 6. The molecule has 4 fully saturated rings. The quantitative estimate of drug-likeness (QED) is 0.415. The number of nitrogens with zero attached hydrogens (tertiary/aromatic N) is 2. The molecule has 8 heteroatoms. The lowest BCUT2D eigenvalue weighted by atomic mass is 9.64. The molecule has 8 nitrogen and oxygen atoms in total. The van der Waals surface area contributed by atoms with Gasteiger partial charge in [-0.25, -0.2) is 0 Å². The van der Waals surface area contributed by atoms with E-state index < -0.39 is 29.9 Å². The van der Waals surface area contributed by atoms with E-state index in [1.165, 1.54) is 0 Å². The first kappa shape index (κ1) is 29.1. The highest BCUT2D eigenvalue weighted by atomic mass is 16.7. The van der Waals surface area contributed by atoms with Gasteiger partial charge in [0.1, 0.15) is 6.04 Å². The third-order valence-corrected chi connectivity index (χ3v) is 10.2. The third-order valence-electron chi connectivity index (χ3n) is 10.2. The molecule has 2 amide bonds. The van der Waals surface area contributed by atoms with Gasteiger partial charge in [-0.1, -0.05) is 63.2 Å². The number of aromatic nitrogens is 1. The van der Waals surface area contributed by atoms with Crippen LogP contribution in [0.5, 0.6) is 0 Å². The van der Waals surface area contributed by atoms with Crippen LogP contribution in [0.4, 0.5) is 5.69 Å². The van der Waals surface area contributed by atoms with Gasteiger partial charge in [-0.2, -0.15) is 0 Å². The highest BCUT2D eigenvalue weighted by molar-refractivity contribution is 6.04. The summed E-state index contributed by atoms with van der Waals surface area (Å²) >= 11 is 0. The molecule has 0 radical (unpaired) electrons. The Hall–Kier alpha value is -3.59. The Kier molecular flexibility index (Phi) is 7.34. The summed E-state index contributed by atoms with van der Waals surface area (Å²) in [7, 11) is 0. The van der Waals surface area contributed by atoms with Crippen molar-refractivity contribution in [1.82, 2.24) is 10.3 Å². The first-order valence-corrected chi connectivity index (χ1v) is 15.8. The second-order valence-corrected chi connectivity index (χ2v) is 14.0. The van der Waals surface area contributed by atoms with E-state index in [0.717, 1.165) is 29.5 Å². The van der Waals surface area contributed by atoms with Crippen molar-refractivity contribution in [2.45, 2.75) is 76.3 Å². The molecule has 230 valence electrons. The van der Waals surface area contributed by atoms with Crippen molar-refractivity contribution in [2.75, 3.05) is 18.1 Å². The number of ether oxygens (including phenoxy) is 2. The van der Waals surface area contributed by atoms with Crippen molar-refractivity contribution in [3.63, 3.8) is 0 Å². The minimum atomic E-state index is -1.02. The number of carbonyl (C=O) groups excluding carboxylic acids is 2. The van der Waals surface area contributed by atoms with Gasteiger partial charge in [0, 0.05) is 36.0 Å². The summed E-state index contributed by atoms with van der Waals surface area (Å²) in [5.74, 6) is -0.301. The largest absolute Gasteiger partial charge is 0.390 e. The minimum Gasteiger partial charge on any atom is -0.390 e. The van der Waals surface area contributed by atoms with Crippen LogP contribution in [0, 0.1) is 17.3 Å². The number of benzene rings is 2. The molecule has 7 atom stereocenters. The van der Waals surface area contributed by atoms with Gasteiger partial charge in [-0.05, 0) is 65.5 Å². The number of anilines is 1. The van der Waals surface area contributed by atoms with E-state index in [-0.39, 0.29) is 35.7 Å². The summed E-state index contributed by atoms with van der Waals surface area (Å²) in [6.07, 6.45) is 5.13. The summed E-state index contributed by atoms with van der Waals surface area (Å²) in [5.41, 5.74) is 3.39. The number of amides is 2. The Bertz CT molecular complexity index is 1540. The summed E-state index contributed by atoms with van der Waals surface area (Å²) in [6.45, 7) is 7.31. The standard InChI is InChI=1S/C36H41N3O5/c1-35(2,3)25-11-13-26(14-12-25)39(34(42)36-18-22-10-15-28(36)33(43-20-22)44-21-36)31(24-8-6-16-37-19-24)32(41)38-30-27-9-5-4-7-23(27)17-29(30)40/h4-9,11-14,16,19,22,28-31,33,40H,10,15,17-18,20-21H2,1-3H3,(H,38,41)/t22?,28?,29-,30+,31?,33-,36+/m0/s1. The van der Waals surface area contributed by atoms with E-state index in [4.69, 9.17) is 9.47 Å². The smallest absolute Gasteiger partial charge is 0.248 e. The Balaban J connectivity index is 1.34. The van der Waals surface area contributed by atoms with E-state index in [1.807, 2.05) is 54.6 Å². The zero-order valence-electron chi connectivity index (χ0n) is 25.6. The van der Waals surface area contributed by atoms with E-state index in [2.05, 4.69) is 31.1 Å². The normalized spacial score (nSPS) is 29.5. The number of pyridine rings is 1. The number of carbonyl (C=O) groups is 2. The monoisotopic (exact) mass is 595 g/mol. The maximum absolute atomic E-state index is 15.3. The van der Waals surface area contributed by atoms with Crippen LogP contribution in [0.2, 0.25) is 0 Å². The molecule has 44 heavy (non-hydrogen) atoms. The average molecular weight is 596 g/mol. The number of hydrogen-bond donors (Lipinski definition) is 2. The number of fused-ring (bicyclic) bond motifs is 3. The van der Waals surface area contributed by atoms with E-state index in [0.29, 0.717) is 30.7 Å². The molecular weight excluding hydrogens is 554 g/mol. The number of nitrogens with one attached hydrogen (secondary N) is 1. The average Bonchev–Trinajstić information content (AvgIpc) is 3.40. The molecule has 8 rings (SSSR count). The predicted octanol–water partition coefficient (Wildman–Crippen LogP) is 5.02. The van der Waals surface area contributed by atoms with Crippen LogP contribution in [-0.4, -0.2) is 47.5 Å². The molecule has 3 aliphatic heterocycles. The van der Waals surface area contributed by atoms with Gasteiger partial charge in [0.05, 0.1) is 30.8 Å². The molecule has 5 aliphatic rings. The zero-order valence-corrected chi connectivity index (χ0v) is 25.6. The second-order valence-electron chi connectivity index (χ2n) is 14.0. The molecule has 1 aromatic heterocycles. The Morgan fingerprint density at radius 2 is 1.84 bits per heavy atom. The van der Waals surface area contributed by atoms with Gasteiger partial charge in [0.15, 0.2) is 6.29 Å². The first-order valence-electron chi connectivity index (χ1n) is 15.8. The fourth-order valence-corrected chi connectivity index (χ4v) is 7.90. The van der Waals surface area contributed by atoms with Crippen LogP contribution in [0.15, 0.2) is 73.1 Å². The summed E-state index contributed by atoms with van der Waals surface area (Å²) in [6, 6.07) is 17.8. The highest BCUT2D eigenvalue weighted by Gasteiger charge is 2.61. The number of hydrogen-bond acceptors (Lipinski definition) is 6. The molecular formula is C36H41N3O5. The van der Waals surface area contributed by atoms with Gasteiger partial charge < -0.3 is 19.9 Å². The van der Waals surface area contributed by atoms with Crippen LogP contribution in [0.3, 0.4) is 0 Å². The summed E-state index contributed by atoms with van der Waals surface area (Å²) in [4.78, 5) is 35.9. The van der Waals surface area contributed by atoms with Gasteiger partial charge in [0.2, 0.25) is 11.8 Å². The van der Waals surface area contributed by atoms with Crippen LogP contribution in [-0.2, 0) is 30.9 Å². The molecule has 2 aliphatic carbocycles. The Morgan fingerprint density at radius 1 is 1.05 bits per heavy atom. The molecule has 3 aromatic rings. The molecule has 2 N–H and O–H groups in total. The molecule has 0 spiro atoms. The lowest BCUT2D eigenvalue weighted by Crippen LogP contribution is -2.55. The maximum atomic E-state index is 15.3. The van der Waals surface area contributed by atoms with Crippen molar-refractivity contribution in [3.8, 4) is 0 Å². The maximum Gasteiger partial charge on any atom is 0.248 e.